The first-order chi connectivity index (χ1) is 27.8. The van der Waals surface area contributed by atoms with Crippen LogP contribution in [0.4, 0.5) is 0 Å². The third-order valence-corrected chi connectivity index (χ3v) is 10.8. The van der Waals surface area contributed by atoms with Gasteiger partial charge in [0.1, 0.15) is 11.2 Å². The number of fused-ring (bicyclic) bond motifs is 6. The lowest BCUT2D eigenvalue weighted by Gasteiger charge is -2.21. The van der Waals surface area contributed by atoms with E-state index in [0.29, 0.717) is 5.82 Å². The maximum Gasteiger partial charge on any atom is 0.160 e. The van der Waals surface area contributed by atoms with E-state index in [4.69, 9.17) is 14.4 Å². The fourth-order valence-corrected chi connectivity index (χ4v) is 8.20. The van der Waals surface area contributed by atoms with Gasteiger partial charge < -0.3 is 8.98 Å². The van der Waals surface area contributed by atoms with Crippen LogP contribution >= 0.6 is 0 Å². The largest absolute Gasteiger partial charge is 0.456 e. The molecule has 0 atom stereocenters. The predicted octanol–water partition coefficient (Wildman–Crippen LogP) is 13.8. The molecule has 11 rings (SSSR count). The van der Waals surface area contributed by atoms with E-state index >= 15 is 0 Å². The highest BCUT2D eigenvalue weighted by molar-refractivity contribution is 6.18. The van der Waals surface area contributed by atoms with Crippen LogP contribution in [0.2, 0.25) is 0 Å². The number of para-hydroxylation sites is 2. The van der Waals surface area contributed by atoms with Crippen LogP contribution in [0.1, 0.15) is 0 Å². The number of furan rings is 1. The lowest BCUT2D eigenvalue weighted by molar-refractivity contribution is 0.669. The van der Waals surface area contributed by atoms with Crippen LogP contribution in [-0.4, -0.2) is 14.5 Å². The molecule has 8 aromatic carbocycles. The van der Waals surface area contributed by atoms with Gasteiger partial charge >= 0.3 is 0 Å². The van der Waals surface area contributed by atoms with Crippen molar-refractivity contribution in [2.24, 2.45) is 0 Å². The molecule has 262 valence electrons. The van der Waals surface area contributed by atoms with Crippen LogP contribution in [0, 0.1) is 0 Å². The van der Waals surface area contributed by atoms with Crippen molar-refractivity contribution in [1.82, 2.24) is 14.5 Å². The second-order valence-corrected chi connectivity index (χ2v) is 14.2. The van der Waals surface area contributed by atoms with E-state index in [0.717, 1.165) is 89.0 Å². The van der Waals surface area contributed by atoms with Gasteiger partial charge in [-0.1, -0.05) is 158 Å². The first kappa shape index (κ1) is 31.9. The Kier molecular flexibility index (Phi) is 7.46. The Hall–Kier alpha value is -7.56. The minimum absolute atomic E-state index is 0.686. The average Bonchev–Trinajstić information content (AvgIpc) is 3.80. The van der Waals surface area contributed by atoms with Gasteiger partial charge in [0.15, 0.2) is 5.82 Å². The lowest BCUT2D eigenvalue weighted by atomic mass is 9.91. The Morgan fingerprint density at radius 3 is 1.50 bits per heavy atom. The van der Waals surface area contributed by atoms with Crippen LogP contribution in [0.15, 0.2) is 205 Å². The lowest BCUT2D eigenvalue weighted by Crippen LogP contribution is -2.02. The highest BCUT2D eigenvalue weighted by Gasteiger charge is 2.23. The molecule has 11 aromatic rings. The van der Waals surface area contributed by atoms with Gasteiger partial charge in [0.25, 0.3) is 0 Å². The summed E-state index contributed by atoms with van der Waals surface area (Å²) in [7, 11) is 0. The van der Waals surface area contributed by atoms with E-state index in [9.17, 15) is 0 Å². The Morgan fingerprint density at radius 1 is 0.339 bits per heavy atom. The van der Waals surface area contributed by atoms with E-state index in [-0.39, 0.29) is 0 Å². The molecule has 4 heteroatoms. The molecule has 0 fully saturated rings. The average molecular weight is 716 g/mol. The van der Waals surface area contributed by atoms with Crippen molar-refractivity contribution in [2.45, 2.75) is 0 Å². The van der Waals surface area contributed by atoms with E-state index in [2.05, 4.69) is 168 Å². The maximum absolute atomic E-state index is 6.52. The highest BCUT2D eigenvalue weighted by Crippen LogP contribution is 2.45. The molecule has 0 saturated heterocycles. The molecule has 0 unspecified atom stereocenters. The zero-order chi connectivity index (χ0) is 37.0. The summed E-state index contributed by atoms with van der Waals surface area (Å²) >= 11 is 0. The van der Waals surface area contributed by atoms with Crippen molar-refractivity contribution in [3.63, 3.8) is 0 Å². The van der Waals surface area contributed by atoms with Gasteiger partial charge in [0.05, 0.1) is 28.1 Å². The zero-order valence-corrected chi connectivity index (χ0v) is 30.3. The van der Waals surface area contributed by atoms with E-state index in [1.807, 2.05) is 36.4 Å². The van der Waals surface area contributed by atoms with Gasteiger partial charge in [-0.15, -0.1) is 0 Å². The van der Waals surface area contributed by atoms with Crippen molar-refractivity contribution >= 4 is 43.7 Å². The maximum atomic E-state index is 6.52. The van der Waals surface area contributed by atoms with E-state index in [1.54, 1.807) is 0 Å². The van der Waals surface area contributed by atoms with Crippen LogP contribution < -0.4 is 0 Å². The summed E-state index contributed by atoms with van der Waals surface area (Å²) in [6.07, 6.45) is 0. The van der Waals surface area contributed by atoms with Crippen molar-refractivity contribution in [1.29, 1.82) is 0 Å². The number of benzene rings is 8. The second-order valence-electron chi connectivity index (χ2n) is 14.2. The molecule has 0 amide bonds. The molecule has 0 aliphatic heterocycles. The van der Waals surface area contributed by atoms with Crippen molar-refractivity contribution in [2.75, 3.05) is 0 Å². The minimum Gasteiger partial charge on any atom is -0.456 e. The highest BCUT2D eigenvalue weighted by atomic mass is 16.3. The molecular weight excluding hydrogens is 683 g/mol. The monoisotopic (exact) mass is 715 g/mol. The molecular formula is C52H33N3O. The smallest absolute Gasteiger partial charge is 0.160 e. The quantitative estimate of drug-likeness (QED) is 0.172. The third-order valence-electron chi connectivity index (χ3n) is 10.8. The van der Waals surface area contributed by atoms with Gasteiger partial charge in [-0.3, -0.25) is 0 Å². The molecule has 0 radical (unpaired) electrons. The van der Waals surface area contributed by atoms with Crippen molar-refractivity contribution < 1.29 is 4.42 Å². The minimum atomic E-state index is 0.686. The Balaban J connectivity index is 1.26. The van der Waals surface area contributed by atoms with Crippen LogP contribution in [-0.2, 0) is 0 Å². The standard InChI is InChI=1S/C52H33N3O/c1-5-17-34(18-6-1)41-29-38(46-32-45(36-21-9-3-10-22-36)53-52(54-46)37-23-11-4-12-24-37)30-42(35-19-7-2-8-20-35)51(41)55-47-27-15-13-25-39(47)43-31-44-40-26-14-16-28-49(40)56-50(44)33-48(43)55/h1-33H. The van der Waals surface area contributed by atoms with Gasteiger partial charge in [-0.2, -0.15) is 0 Å². The van der Waals surface area contributed by atoms with Gasteiger partial charge in [0, 0.05) is 55.4 Å². The molecule has 0 aliphatic carbocycles. The molecule has 0 spiro atoms. The zero-order valence-electron chi connectivity index (χ0n) is 30.3. The predicted molar refractivity (Wildman–Crippen MR) is 231 cm³/mol. The first-order valence-corrected chi connectivity index (χ1v) is 18.9. The molecule has 4 nitrogen and oxygen atoms in total. The Labute approximate surface area is 323 Å². The molecule has 0 aliphatic rings. The van der Waals surface area contributed by atoms with Gasteiger partial charge in [0.2, 0.25) is 0 Å². The topological polar surface area (TPSA) is 43.9 Å². The van der Waals surface area contributed by atoms with E-state index < -0.39 is 0 Å². The fraction of sp³-hybridized carbons (Fsp3) is 0. The van der Waals surface area contributed by atoms with Crippen molar-refractivity contribution in [3.8, 4) is 61.8 Å². The number of aromatic nitrogens is 3. The SMILES string of the molecule is c1ccc(-c2cc(-c3cc(-c4ccccc4)c(-n4c5ccccc5c5cc6c(cc54)oc4ccccc46)c(-c4ccccc4)c3)nc(-c3ccccc3)n2)cc1. The number of hydrogen-bond acceptors (Lipinski definition) is 3. The summed E-state index contributed by atoms with van der Waals surface area (Å²) in [5.74, 6) is 0.686. The molecule has 0 bridgehead atoms. The molecule has 0 saturated carbocycles. The number of nitrogens with zero attached hydrogens (tertiary/aromatic N) is 3. The second kappa shape index (κ2) is 13.1. The normalized spacial score (nSPS) is 11.6. The summed E-state index contributed by atoms with van der Waals surface area (Å²) in [6.45, 7) is 0. The van der Waals surface area contributed by atoms with Crippen LogP contribution in [0.25, 0.3) is 106 Å². The summed E-state index contributed by atoms with van der Waals surface area (Å²) in [5.41, 5.74) is 14.2. The van der Waals surface area contributed by atoms with Crippen LogP contribution in [0.5, 0.6) is 0 Å². The Morgan fingerprint density at radius 2 is 0.857 bits per heavy atom. The van der Waals surface area contributed by atoms with Crippen LogP contribution in [0.3, 0.4) is 0 Å². The Bertz CT molecular complexity index is 3100. The number of hydrogen-bond donors (Lipinski definition) is 0. The summed E-state index contributed by atoms with van der Waals surface area (Å²) < 4.78 is 8.96. The fourth-order valence-electron chi connectivity index (χ4n) is 8.20. The van der Waals surface area contributed by atoms with E-state index in [1.165, 1.54) is 10.8 Å². The summed E-state index contributed by atoms with van der Waals surface area (Å²) in [6, 6.07) is 70.3. The molecule has 56 heavy (non-hydrogen) atoms. The molecule has 3 heterocycles. The molecule has 3 aromatic heterocycles. The van der Waals surface area contributed by atoms with Gasteiger partial charge in [-0.25, -0.2) is 9.97 Å². The third kappa shape index (κ3) is 5.31. The summed E-state index contributed by atoms with van der Waals surface area (Å²) in [4.78, 5) is 10.4. The number of rotatable bonds is 6. The summed E-state index contributed by atoms with van der Waals surface area (Å²) in [5, 5.41) is 4.60. The molecule has 0 N–H and O–H groups in total. The first-order valence-electron chi connectivity index (χ1n) is 18.9. The van der Waals surface area contributed by atoms with Crippen molar-refractivity contribution in [3.05, 3.63) is 200 Å². The van der Waals surface area contributed by atoms with Gasteiger partial charge in [-0.05, 0) is 47.5 Å².